The monoisotopic (exact) mass is 404 g/mol. The maximum atomic E-state index is 15.0. The van der Waals surface area contributed by atoms with Crippen LogP contribution in [0.4, 0.5) is 4.39 Å². The molecule has 7 heteroatoms. The van der Waals surface area contributed by atoms with Crippen molar-refractivity contribution >= 4 is 16.7 Å². The second-order valence-electron chi connectivity index (χ2n) is 9.22. The van der Waals surface area contributed by atoms with Gasteiger partial charge in [-0.2, -0.15) is 5.10 Å². The molecule has 2 N–H and O–H groups in total. The van der Waals surface area contributed by atoms with Crippen molar-refractivity contribution in [2.45, 2.75) is 45.4 Å². The Morgan fingerprint density at radius 3 is 2.63 bits per heavy atom. The largest absolute Gasteiger partial charge is 0.342 e. The van der Waals surface area contributed by atoms with Crippen LogP contribution in [0.1, 0.15) is 48.7 Å². The molecule has 4 heterocycles. The molecule has 1 saturated heterocycles. The number of nitrogens with zero attached hydrogens (tertiary/aromatic N) is 4. The number of aromatic amines is 1. The first-order chi connectivity index (χ1) is 14.5. The van der Waals surface area contributed by atoms with Crippen molar-refractivity contribution in [1.29, 1.82) is 0 Å². The van der Waals surface area contributed by atoms with Crippen molar-refractivity contribution in [1.82, 2.24) is 29.9 Å². The van der Waals surface area contributed by atoms with Gasteiger partial charge in [0.1, 0.15) is 11.3 Å². The molecule has 4 aromatic rings. The number of fused-ring (bicyclic) bond motifs is 2. The van der Waals surface area contributed by atoms with Crippen LogP contribution < -0.4 is 5.32 Å². The van der Waals surface area contributed by atoms with E-state index in [1.54, 1.807) is 10.6 Å². The second kappa shape index (κ2) is 6.35. The van der Waals surface area contributed by atoms with Crippen molar-refractivity contribution < 1.29 is 4.39 Å². The standard InChI is InChI=1S/C23H25FN6/c1-13-7-18(29-30-10-14(2)26-22(13)30)16-8-17(24)20-19(9-16)27-21(28-20)15-3-5-23(6-4-15)11-25-12-23/h7-10,15,25H,3-6,11-12H2,1-2H3,(H,27,28). The molecule has 6 rings (SSSR count). The SMILES string of the molecule is Cc1cn2nc(-c3cc(F)c4nc(C5CCC6(CC5)CNC6)[nH]c4c3)cc(C)c2n1. The molecular weight excluding hydrogens is 379 g/mol. The zero-order valence-electron chi connectivity index (χ0n) is 17.3. The molecule has 1 spiro atoms. The number of H-pyrrole nitrogens is 1. The normalized spacial score (nSPS) is 19.0. The second-order valence-corrected chi connectivity index (χ2v) is 9.22. The molecule has 3 aromatic heterocycles. The lowest BCUT2D eigenvalue weighted by molar-refractivity contribution is 0.0963. The van der Waals surface area contributed by atoms with Gasteiger partial charge in [0, 0.05) is 24.6 Å². The van der Waals surface area contributed by atoms with E-state index in [0.717, 1.165) is 65.4 Å². The van der Waals surface area contributed by atoms with Gasteiger partial charge in [-0.1, -0.05) is 0 Å². The Kier molecular flexibility index (Phi) is 3.81. The number of halogens is 1. The lowest BCUT2D eigenvalue weighted by atomic mass is 9.67. The van der Waals surface area contributed by atoms with Crippen LogP contribution in [0.2, 0.25) is 0 Å². The number of hydrogen-bond donors (Lipinski definition) is 2. The molecule has 1 aromatic carbocycles. The van der Waals surface area contributed by atoms with Gasteiger partial charge in [0.15, 0.2) is 11.5 Å². The van der Waals surface area contributed by atoms with Crippen molar-refractivity contribution in [3.8, 4) is 11.3 Å². The van der Waals surface area contributed by atoms with E-state index >= 15 is 0 Å². The van der Waals surface area contributed by atoms with Crippen LogP contribution in [0.15, 0.2) is 24.4 Å². The average Bonchev–Trinajstić information content (AvgIpc) is 3.30. The van der Waals surface area contributed by atoms with E-state index in [2.05, 4.69) is 25.4 Å². The minimum absolute atomic E-state index is 0.304. The topological polar surface area (TPSA) is 70.9 Å². The van der Waals surface area contributed by atoms with E-state index in [4.69, 9.17) is 0 Å². The first-order valence-electron chi connectivity index (χ1n) is 10.7. The average molecular weight is 404 g/mol. The van der Waals surface area contributed by atoms with Gasteiger partial charge in [0.2, 0.25) is 0 Å². The van der Waals surface area contributed by atoms with Crippen LogP contribution in [0, 0.1) is 25.1 Å². The van der Waals surface area contributed by atoms with E-state index < -0.39 is 0 Å². The van der Waals surface area contributed by atoms with Crippen molar-refractivity contribution in [2.24, 2.45) is 5.41 Å². The highest BCUT2D eigenvalue weighted by atomic mass is 19.1. The summed E-state index contributed by atoms with van der Waals surface area (Å²) >= 11 is 0. The van der Waals surface area contributed by atoms with E-state index in [1.807, 2.05) is 32.2 Å². The fraction of sp³-hybridized carbons (Fsp3) is 0.435. The minimum Gasteiger partial charge on any atom is -0.342 e. The van der Waals surface area contributed by atoms with Gasteiger partial charge in [-0.05, 0) is 68.7 Å². The molecule has 0 radical (unpaired) electrons. The molecule has 1 aliphatic carbocycles. The molecule has 0 unspecified atom stereocenters. The fourth-order valence-corrected chi connectivity index (χ4v) is 5.16. The summed E-state index contributed by atoms with van der Waals surface area (Å²) in [5, 5.41) is 8.06. The number of imidazole rings is 2. The van der Waals surface area contributed by atoms with Crippen LogP contribution in [0.25, 0.3) is 27.9 Å². The molecule has 0 bridgehead atoms. The third-order valence-electron chi connectivity index (χ3n) is 7.02. The maximum Gasteiger partial charge on any atom is 0.156 e. The van der Waals surface area contributed by atoms with Crippen LogP contribution in [-0.4, -0.2) is 37.7 Å². The van der Waals surface area contributed by atoms with E-state index in [1.165, 1.54) is 12.8 Å². The molecule has 2 fully saturated rings. The van der Waals surface area contributed by atoms with Crippen molar-refractivity contribution in [3.63, 3.8) is 0 Å². The van der Waals surface area contributed by atoms with E-state index in [0.29, 0.717) is 16.8 Å². The summed E-state index contributed by atoms with van der Waals surface area (Å²) in [6, 6.07) is 5.47. The number of aromatic nitrogens is 5. The molecule has 1 aliphatic heterocycles. The van der Waals surface area contributed by atoms with Gasteiger partial charge in [0.25, 0.3) is 0 Å². The van der Waals surface area contributed by atoms with Gasteiger partial charge in [-0.3, -0.25) is 0 Å². The summed E-state index contributed by atoms with van der Waals surface area (Å²) < 4.78 is 16.8. The summed E-state index contributed by atoms with van der Waals surface area (Å²) in [5.41, 5.74) is 5.91. The summed E-state index contributed by atoms with van der Waals surface area (Å²) in [6.45, 7) is 6.24. The van der Waals surface area contributed by atoms with Crippen LogP contribution >= 0.6 is 0 Å². The summed E-state index contributed by atoms with van der Waals surface area (Å²) in [4.78, 5) is 12.6. The minimum atomic E-state index is -0.304. The molecule has 0 amide bonds. The Hall–Kier alpha value is -2.80. The highest BCUT2D eigenvalue weighted by Gasteiger charge is 2.40. The summed E-state index contributed by atoms with van der Waals surface area (Å²) in [6.07, 6.45) is 6.58. The van der Waals surface area contributed by atoms with Crippen LogP contribution in [-0.2, 0) is 0 Å². The van der Waals surface area contributed by atoms with Crippen LogP contribution in [0.5, 0.6) is 0 Å². The van der Waals surface area contributed by atoms with E-state index in [9.17, 15) is 4.39 Å². The number of aryl methyl sites for hydroxylation is 2. The molecule has 1 saturated carbocycles. The summed E-state index contributed by atoms with van der Waals surface area (Å²) in [5.74, 6) is 1.01. The molecule has 0 atom stereocenters. The molecule has 154 valence electrons. The Bertz CT molecular complexity index is 1270. The highest BCUT2D eigenvalue weighted by molar-refractivity contribution is 5.82. The lowest BCUT2D eigenvalue weighted by Crippen LogP contribution is -2.54. The van der Waals surface area contributed by atoms with Gasteiger partial charge >= 0.3 is 0 Å². The molecule has 2 aliphatic rings. The molecule has 30 heavy (non-hydrogen) atoms. The maximum absolute atomic E-state index is 15.0. The molecule has 6 nitrogen and oxygen atoms in total. The van der Waals surface area contributed by atoms with Gasteiger partial charge in [0.05, 0.1) is 23.1 Å². The predicted molar refractivity (Wildman–Crippen MR) is 114 cm³/mol. The van der Waals surface area contributed by atoms with Gasteiger partial charge in [-0.15, -0.1) is 0 Å². The summed E-state index contributed by atoms with van der Waals surface area (Å²) in [7, 11) is 0. The molecular formula is C23H25FN6. The quantitative estimate of drug-likeness (QED) is 0.523. The zero-order valence-corrected chi connectivity index (χ0v) is 17.3. The van der Waals surface area contributed by atoms with Gasteiger partial charge < -0.3 is 10.3 Å². The van der Waals surface area contributed by atoms with Crippen molar-refractivity contribution in [3.05, 3.63) is 47.3 Å². The number of hydrogen-bond acceptors (Lipinski definition) is 4. The van der Waals surface area contributed by atoms with Gasteiger partial charge in [-0.25, -0.2) is 18.9 Å². The first kappa shape index (κ1) is 18.0. The highest BCUT2D eigenvalue weighted by Crippen LogP contribution is 2.45. The number of rotatable bonds is 2. The Balaban J connectivity index is 1.36. The number of nitrogens with one attached hydrogen (secondary N) is 2. The third kappa shape index (κ3) is 2.75. The zero-order chi connectivity index (χ0) is 20.5. The Morgan fingerprint density at radius 1 is 1.10 bits per heavy atom. The van der Waals surface area contributed by atoms with Crippen molar-refractivity contribution in [2.75, 3.05) is 13.1 Å². The predicted octanol–water partition coefficient (Wildman–Crippen LogP) is 4.28. The fourth-order valence-electron chi connectivity index (χ4n) is 5.16. The number of benzene rings is 1. The Morgan fingerprint density at radius 2 is 1.90 bits per heavy atom. The third-order valence-corrected chi connectivity index (χ3v) is 7.02. The smallest absolute Gasteiger partial charge is 0.156 e. The van der Waals surface area contributed by atoms with Crippen LogP contribution in [0.3, 0.4) is 0 Å². The van der Waals surface area contributed by atoms with E-state index in [-0.39, 0.29) is 5.82 Å². The Labute approximate surface area is 173 Å². The lowest BCUT2D eigenvalue weighted by Gasteiger charge is -2.47. The first-order valence-corrected chi connectivity index (χ1v) is 10.7.